The molecule has 0 saturated carbocycles. The van der Waals surface area contributed by atoms with Gasteiger partial charge in [-0.1, -0.05) is 12.1 Å². The molecule has 1 fully saturated rings. The van der Waals surface area contributed by atoms with Gasteiger partial charge in [0.1, 0.15) is 5.75 Å². The molecule has 6 nitrogen and oxygen atoms in total. The van der Waals surface area contributed by atoms with E-state index in [4.69, 9.17) is 4.74 Å². The van der Waals surface area contributed by atoms with Crippen LogP contribution in [-0.4, -0.2) is 34.4 Å². The summed E-state index contributed by atoms with van der Waals surface area (Å²) in [5.74, 6) is 0.835. The van der Waals surface area contributed by atoms with Crippen molar-refractivity contribution >= 4 is 6.03 Å². The minimum absolute atomic E-state index is 0.0250. The van der Waals surface area contributed by atoms with Crippen LogP contribution in [0, 0.1) is 0 Å². The fourth-order valence-electron chi connectivity index (χ4n) is 4.29. The Bertz CT molecular complexity index is 801. The Kier molecular flexibility index (Phi) is 4.57. The SMILES string of the molecule is COc1cccc(C2CCCN2C(=O)NC2CCCc3c2cnn3C)c1. The normalized spacial score (nSPS) is 22.2. The van der Waals surface area contributed by atoms with Gasteiger partial charge in [0, 0.05) is 24.8 Å². The Labute approximate surface area is 154 Å². The third-order valence-electron chi connectivity index (χ3n) is 5.67. The van der Waals surface area contributed by atoms with E-state index in [-0.39, 0.29) is 18.1 Å². The predicted octanol–water partition coefficient (Wildman–Crippen LogP) is 3.35. The lowest BCUT2D eigenvalue weighted by atomic mass is 9.93. The average molecular weight is 354 g/mol. The molecule has 0 spiro atoms. The number of ether oxygens (including phenoxy) is 1. The molecule has 2 amide bonds. The molecule has 26 heavy (non-hydrogen) atoms. The van der Waals surface area contributed by atoms with Crippen molar-refractivity contribution in [2.24, 2.45) is 7.05 Å². The number of nitrogens with zero attached hydrogens (tertiary/aromatic N) is 3. The van der Waals surface area contributed by atoms with Gasteiger partial charge in [-0.05, 0) is 49.8 Å². The fourth-order valence-corrected chi connectivity index (χ4v) is 4.29. The molecule has 1 N–H and O–H groups in total. The highest BCUT2D eigenvalue weighted by Crippen LogP contribution is 2.35. The topological polar surface area (TPSA) is 59.4 Å². The second-order valence-electron chi connectivity index (χ2n) is 7.19. The first-order valence-electron chi connectivity index (χ1n) is 9.39. The number of aryl methyl sites for hydroxylation is 1. The second-order valence-corrected chi connectivity index (χ2v) is 7.19. The van der Waals surface area contributed by atoms with Crippen molar-refractivity contribution in [1.29, 1.82) is 0 Å². The van der Waals surface area contributed by atoms with Crippen molar-refractivity contribution in [3.8, 4) is 5.75 Å². The van der Waals surface area contributed by atoms with Crippen LogP contribution in [-0.2, 0) is 13.5 Å². The van der Waals surface area contributed by atoms with Crippen molar-refractivity contribution in [3.05, 3.63) is 47.3 Å². The molecule has 138 valence electrons. The monoisotopic (exact) mass is 354 g/mol. The summed E-state index contributed by atoms with van der Waals surface area (Å²) in [6.45, 7) is 0.792. The Morgan fingerprint density at radius 3 is 3.04 bits per heavy atom. The minimum atomic E-state index is 0.0250. The van der Waals surface area contributed by atoms with Crippen LogP contribution in [0.1, 0.15) is 54.6 Å². The maximum Gasteiger partial charge on any atom is 0.318 e. The summed E-state index contributed by atoms with van der Waals surface area (Å²) in [6.07, 6.45) is 7.01. The summed E-state index contributed by atoms with van der Waals surface area (Å²) < 4.78 is 7.28. The first-order chi connectivity index (χ1) is 12.7. The van der Waals surface area contributed by atoms with Crippen molar-refractivity contribution in [3.63, 3.8) is 0 Å². The number of amides is 2. The summed E-state index contributed by atoms with van der Waals surface area (Å²) in [5, 5.41) is 7.63. The molecule has 1 saturated heterocycles. The second kappa shape index (κ2) is 7.02. The number of benzene rings is 1. The van der Waals surface area contributed by atoms with Crippen LogP contribution in [0.15, 0.2) is 30.5 Å². The number of fused-ring (bicyclic) bond motifs is 1. The number of hydrogen-bond donors (Lipinski definition) is 1. The molecule has 6 heteroatoms. The van der Waals surface area contributed by atoms with Gasteiger partial charge >= 0.3 is 6.03 Å². The van der Waals surface area contributed by atoms with Crippen molar-refractivity contribution in [2.75, 3.05) is 13.7 Å². The van der Waals surface area contributed by atoms with Gasteiger partial charge in [0.05, 0.1) is 25.4 Å². The van der Waals surface area contributed by atoms with Gasteiger partial charge in [0.25, 0.3) is 0 Å². The van der Waals surface area contributed by atoms with Crippen LogP contribution < -0.4 is 10.1 Å². The van der Waals surface area contributed by atoms with Crippen molar-refractivity contribution in [2.45, 2.75) is 44.2 Å². The zero-order chi connectivity index (χ0) is 18.1. The molecule has 2 unspecified atom stereocenters. The van der Waals surface area contributed by atoms with Crippen LogP contribution in [0.25, 0.3) is 0 Å². The zero-order valence-corrected chi connectivity index (χ0v) is 15.4. The summed E-state index contributed by atoms with van der Waals surface area (Å²) in [6, 6.07) is 8.25. The highest BCUT2D eigenvalue weighted by molar-refractivity contribution is 5.75. The minimum Gasteiger partial charge on any atom is -0.497 e. The molecule has 2 aromatic rings. The van der Waals surface area contributed by atoms with E-state index in [9.17, 15) is 4.79 Å². The third kappa shape index (κ3) is 3.04. The average Bonchev–Trinajstić information content (AvgIpc) is 3.30. The number of aromatic nitrogens is 2. The lowest BCUT2D eigenvalue weighted by molar-refractivity contribution is 0.187. The Morgan fingerprint density at radius 2 is 2.19 bits per heavy atom. The number of urea groups is 1. The van der Waals surface area contributed by atoms with Gasteiger partial charge in [0.2, 0.25) is 0 Å². The Hall–Kier alpha value is -2.50. The van der Waals surface area contributed by atoms with E-state index in [1.54, 1.807) is 7.11 Å². The quantitative estimate of drug-likeness (QED) is 0.919. The van der Waals surface area contributed by atoms with Crippen LogP contribution in [0.5, 0.6) is 5.75 Å². The van der Waals surface area contributed by atoms with E-state index in [0.29, 0.717) is 0 Å². The summed E-state index contributed by atoms with van der Waals surface area (Å²) in [7, 11) is 3.65. The first kappa shape index (κ1) is 16.9. The van der Waals surface area contributed by atoms with Gasteiger partial charge in [-0.3, -0.25) is 4.68 Å². The lowest BCUT2D eigenvalue weighted by Gasteiger charge is -2.30. The number of carbonyl (C=O) groups is 1. The van der Waals surface area contributed by atoms with Gasteiger partial charge in [-0.2, -0.15) is 5.10 Å². The smallest absolute Gasteiger partial charge is 0.318 e. The van der Waals surface area contributed by atoms with Crippen molar-refractivity contribution < 1.29 is 9.53 Å². The number of methoxy groups -OCH3 is 1. The number of carbonyl (C=O) groups excluding carboxylic acids is 1. The number of rotatable bonds is 3. The molecule has 1 aromatic carbocycles. The molecule has 1 aliphatic carbocycles. The summed E-state index contributed by atoms with van der Waals surface area (Å²) >= 11 is 0. The van der Waals surface area contributed by atoms with E-state index in [1.807, 2.05) is 41.0 Å². The van der Waals surface area contributed by atoms with Crippen molar-refractivity contribution in [1.82, 2.24) is 20.0 Å². The van der Waals surface area contributed by atoms with E-state index in [1.165, 1.54) is 11.3 Å². The summed E-state index contributed by atoms with van der Waals surface area (Å²) in [5.41, 5.74) is 3.55. The largest absolute Gasteiger partial charge is 0.497 e. The molecule has 4 rings (SSSR count). The fraction of sp³-hybridized carbons (Fsp3) is 0.500. The molecule has 2 atom stereocenters. The highest BCUT2D eigenvalue weighted by Gasteiger charge is 2.33. The number of hydrogen-bond acceptors (Lipinski definition) is 3. The molecule has 2 heterocycles. The molecule has 1 aromatic heterocycles. The highest BCUT2D eigenvalue weighted by atomic mass is 16.5. The number of likely N-dealkylation sites (tertiary alicyclic amines) is 1. The van der Waals surface area contributed by atoms with E-state index in [2.05, 4.69) is 16.5 Å². The molecular formula is C20H26N4O2. The molecule has 1 aliphatic heterocycles. The van der Waals surface area contributed by atoms with Gasteiger partial charge < -0.3 is 15.0 Å². The van der Waals surface area contributed by atoms with Crippen LogP contribution in [0.3, 0.4) is 0 Å². The maximum atomic E-state index is 13.0. The standard InChI is InChI=1S/C20H26N4O2/c1-23-19-9-4-8-17(16(19)13-21-23)22-20(25)24-11-5-10-18(24)14-6-3-7-15(12-14)26-2/h3,6-7,12-13,17-18H,4-5,8-11H2,1-2H3,(H,22,25). The predicted molar refractivity (Wildman–Crippen MR) is 99.1 cm³/mol. The van der Waals surface area contributed by atoms with E-state index in [0.717, 1.165) is 50.0 Å². The van der Waals surface area contributed by atoms with Gasteiger partial charge in [-0.25, -0.2) is 4.79 Å². The Balaban J connectivity index is 1.51. The maximum absolute atomic E-state index is 13.0. The van der Waals surface area contributed by atoms with Gasteiger partial charge in [-0.15, -0.1) is 0 Å². The van der Waals surface area contributed by atoms with E-state index < -0.39 is 0 Å². The van der Waals surface area contributed by atoms with Crippen LogP contribution in [0.2, 0.25) is 0 Å². The number of nitrogens with one attached hydrogen (secondary N) is 1. The van der Waals surface area contributed by atoms with Crippen LogP contribution in [0.4, 0.5) is 4.79 Å². The van der Waals surface area contributed by atoms with Crippen LogP contribution >= 0.6 is 0 Å². The lowest BCUT2D eigenvalue weighted by Crippen LogP contribution is -2.42. The third-order valence-corrected chi connectivity index (χ3v) is 5.67. The molecule has 2 aliphatic rings. The van der Waals surface area contributed by atoms with Gasteiger partial charge in [0.15, 0.2) is 0 Å². The molecule has 0 radical (unpaired) electrons. The zero-order valence-electron chi connectivity index (χ0n) is 15.4. The molecular weight excluding hydrogens is 328 g/mol. The molecule has 0 bridgehead atoms. The van der Waals surface area contributed by atoms with E-state index >= 15 is 0 Å². The first-order valence-corrected chi connectivity index (χ1v) is 9.39. The summed E-state index contributed by atoms with van der Waals surface area (Å²) in [4.78, 5) is 15.0. The Morgan fingerprint density at radius 1 is 1.31 bits per heavy atom.